The van der Waals surface area contributed by atoms with Crippen LogP contribution in [0.1, 0.15) is 37.3 Å². The Morgan fingerprint density at radius 1 is 1.46 bits per heavy atom. The van der Waals surface area contributed by atoms with Crippen LogP contribution in [0.3, 0.4) is 0 Å². The third-order valence-corrected chi connectivity index (χ3v) is 6.41. The number of hydrogen-bond acceptors (Lipinski definition) is 6. The van der Waals surface area contributed by atoms with E-state index in [2.05, 4.69) is 16.3 Å². The first-order valence-corrected chi connectivity index (χ1v) is 10.3. The molecule has 3 aromatic rings. The van der Waals surface area contributed by atoms with E-state index in [9.17, 15) is 10.1 Å². The molecular weight excluding hydrogens is 366 g/mol. The van der Waals surface area contributed by atoms with Gasteiger partial charge in [-0.3, -0.25) is 9.69 Å². The van der Waals surface area contributed by atoms with Gasteiger partial charge < -0.3 is 4.40 Å². The molecule has 1 saturated carbocycles. The molecule has 0 aliphatic heterocycles. The van der Waals surface area contributed by atoms with Crippen LogP contribution < -0.4 is 4.90 Å². The van der Waals surface area contributed by atoms with Gasteiger partial charge in [0.2, 0.25) is 11.0 Å². The van der Waals surface area contributed by atoms with Crippen LogP contribution in [0, 0.1) is 11.3 Å². The SMILES string of the molecule is CCC(=O)N(c1nnc(SCc2cn3ccccc3c2C#N)s1)C1CC1. The van der Waals surface area contributed by atoms with Crippen molar-refractivity contribution in [3.05, 3.63) is 41.7 Å². The first kappa shape index (κ1) is 17.1. The molecule has 0 bridgehead atoms. The number of nitriles is 1. The summed E-state index contributed by atoms with van der Waals surface area (Å²) in [5.41, 5.74) is 2.59. The highest BCUT2D eigenvalue weighted by Gasteiger charge is 2.35. The first-order chi connectivity index (χ1) is 12.7. The lowest BCUT2D eigenvalue weighted by atomic mass is 10.2. The van der Waals surface area contributed by atoms with Gasteiger partial charge in [0.1, 0.15) is 6.07 Å². The third-order valence-electron chi connectivity index (χ3n) is 4.31. The lowest BCUT2D eigenvalue weighted by Crippen LogP contribution is -2.32. The first-order valence-electron chi connectivity index (χ1n) is 8.48. The Bertz CT molecular complexity index is 999. The van der Waals surface area contributed by atoms with Crippen molar-refractivity contribution in [3.8, 4) is 6.07 Å². The van der Waals surface area contributed by atoms with Crippen LogP contribution in [0.2, 0.25) is 0 Å². The Balaban J connectivity index is 1.52. The molecule has 26 heavy (non-hydrogen) atoms. The summed E-state index contributed by atoms with van der Waals surface area (Å²) >= 11 is 3.00. The number of amides is 1. The second-order valence-corrected chi connectivity index (χ2v) is 8.30. The Hall–Kier alpha value is -2.37. The Kier molecular flexibility index (Phi) is 4.66. The van der Waals surface area contributed by atoms with Crippen molar-refractivity contribution < 1.29 is 4.79 Å². The monoisotopic (exact) mass is 383 g/mol. The van der Waals surface area contributed by atoms with Crippen LogP contribution in [0.25, 0.3) is 5.52 Å². The van der Waals surface area contributed by atoms with Gasteiger partial charge >= 0.3 is 0 Å². The number of nitrogens with zero attached hydrogens (tertiary/aromatic N) is 5. The molecule has 0 unspecified atom stereocenters. The van der Waals surface area contributed by atoms with E-state index in [1.807, 2.05) is 41.9 Å². The summed E-state index contributed by atoms with van der Waals surface area (Å²) in [5, 5.41) is 18.6. The van der Waals surface area contributed by atoms with Gasteiger partial charge in [-0.1, -0.05) is 36.1 Å². The van der Waals surface area contributed by atoms with Crippen LogP contribution in [-0.2, 0) is 10.5 Å². The number of carbonyl (C=O) groups is 1. The standard InChI is InChI=1S/C18H17N5OS2/c1-2-16(24)23(13-6-7-13)17-20-21-18(26-17)25-11-12-10-22-8-4-3-5-15(22)14(12)9-19/h3-5,8,10,13H,2,6-7,11H2,1H3. The highest BCUT2D eigenvalue weighted by atomic mass is 32.2. The molecule has 0 spiro atoms. The maximum atomic E-state index is 12.2. The average molecular weight is 384 g/mol. The Labute approximate surface area is 159 Å². The lowest BCUT2D eigenvalue weighted by Gasteiger charge is -2.17. The molecule has 132 valence electrons. The molecule has 0 aromatic carbocycles. The average Bonchev–Trinajstić information content (AvgIpc) is 3.27. The summed E-state index contributed by atoms with van der Waals surface area (Å²) in [7, 11) is 0. The van der Waals surface area contributed by atoms with E-state index in [0.29, 0.717) is 22.9 Å². The van der Waals surface area contributed by atoms with Gasteiger partial charge in [-0.15, -0.1) is 10.2 Å². The third kappa shape index (κ3) is 3.20. The van der Waals surface area contributed by atoms with E-state index >= 15 is 0 Å². The number of pyridine rings is 1. The van der Waals surface area contributed by atoms with E-state index in [0.717, 1.165) is 28.3 Å². The van der Waals surface area contributed by atoms with Crippen molar-refractivity contribution in [2.45, 2.75) is 42.3 Å². The predicted molar refractivity (Wildman–Crippen MR) is 102 cm³/mol. The van der Waals surface area contributed by atoms with E-state index in [4.69, 9.17) is 0 Å². The second-order valence-electron chi connectivity index (χ2n) is 6.12. The zero-order chi connectivity index (χ0) is 18.1. The highest BCUT2D eigenvalue weighted by molar-refractivity contribution is 8.00. The molecule has 6 nitrogen and oxygen atoms in total. The quantitative estimate of drug-likeness (QED) is 0.477. The van der Waals surface area contributed by atoms with Crippen LogP contribution in [0.15, 0.2) is 34.9 Å². The van der Waals surface area contributed by atoms with Crippen molar-refractivity contribution in [3.63, 3.8) is 0 Å². The molecule has 8 heteroatoms. The fourth-order valence-corrected chi connectivity index (χ4v) is 4.78. The van der Waals surface area contributed by atoms with Crippen LogP contribution >= 0.6 is 23.1 Å². The fraction of sp³-hybridized carbons (Fsp3) is 0.333. The van der Waals surface area contributed by atoms with Crippen molar-refractivity contribution in [2.24, 2.45) is 0 Å². The van der Waals surface area contributed by atoms with Gasteiger partial charge in [-0.25, -0.2) is 0 Å². The summed E-state index contributed by atoms with van der Waals surface area (Å²) < 4.78 is 2.78. The number of rotatable bonds is 6. The topological polar surface area (TPSA) is 74.3 Å². The van der Waals surface area contributed by atoms with E-state index in [1.54, 1.807) is 16.7 Å². The molecule has 3 heterocycles. The van der Waals surface area contributed by atoms with Crippen LogP contribution in [0.5, 0.6) is 0 Å². The summed E-state index contributed by atoms with van der Waals surface area (Å²) in [4.78, 5) is 14.0. The van der Waals surface area contributed by atoms with Crippen molar-refractivity contribution in [1.82, 2.24) is 14.6 Å². The number of thioether (sulfide) groups is 1. The van der Waals surface area contributed by atoms with Crippen LogP contribution in [0.4, 0.5) is 5.13 Å². The van der Waals surface area contributed by atoms with Crippen molar-refractivity contribution >= 4 is 39.7 Å². The maximum Gasteiger partial charge on any atom is 0.228 e. The Morgan fingerprint density at radius 3 is 3.04 bits per heavy atom. The fourth-order valence-electron chi connectivity index (χ4n) is 2.88. The largest absolute Gasteiger partial charge is 0.322 e. The molecule has 3 aromatic heterocycles. The van der Waals surface area contributed by atoms with Gasteiger partial charge in [0.05, 0.1) is 11.1 Å². The second kappa shape index (κ2) is 7.09. The molecule has 4 rings (SSSR count). The minimum absolute atomic E-state index is 0.102. The molecule has 1 fully saturated rings. The molecule has 0 N–H and O–H groups in total. The molecule has 1 aliphatic carbocycles. The van der Waals surface area contributed by atoms with Gasteiger partial charge in [-0.05, 0) is 30.5 Å². The van der Waals surface area contributed by atoms with Crippen molar-refractivity contribution in [2.75, 3.05) is 4.90 Å². The molecule has 1 amide bonds. The summed E-state index contributed by atoms with van der Waals surface area (Å²) in [6, 6.07) is 8.41. The molecule has 0 saturated heterocycles. The van der Waals surface area contributed by atoms with Gasteiger partial charge in [0, 0.05) is 30.6 Å². The zero-order valence-electron chi connectivity index (χ0n) is 14.3. The number of fused-ring (bicyclic) bond motifs is 1. The van der Waals surface area contributed by atoms with Crippen molar-refractivity contribution in [1.29, 1.82) is 5.26 Å². The summed E-state index contributed by atoms with van der Waals surface area (Å²) in [5.74, 6) is 0.746. The smallest absolute Gasteiger partial charge is 0.228 e. The number of hydrogen-bond donors (Lipinski definition) is 0. The van der Waals surface area contributed by atoms with Gasteiger partial charge in [0.15, 0.2) is 4.34 Å². The number of anilines is 1. The normalized spacial score (nSPS) is 13.7. The zero-order valence-corrected chi connectivity index (χ0v) is 15.9. The van der Waals surface area contributed by atoms with Crippen LogP contribution in [-0.4, -0.2) is 26.5 Å². The molecule has 0 atom stereocenters. The minimum Gasteiger partial charge on any atom is -0.322 e. The Morgan fingerprint density at radius 2 is 2.31 bits per heavy atom. The summed E-state index contributed by atoms with van der Waals surface area (Å²) in [6.45, 7) is 1.87. The molecule has 0 radical (unpaired) electrons. The lowest BCUT2D eigenvalue weighted by molar-refractivity contribution is -0.118. The molecular formula is C18H17N5OS2. The number of aromatic nitrogens is 3. The summed E-state index contributed by atoms with van der Waals surface area (Å²) in [6.07, 6.45) is 6.48. The van der Waals surface area contributed by atoms with Gasteiger partial charge in [0.25, 0.3) is 0 Å². The van der Waals surface area contributed by atoms with E-state index in [-0.39, 0.29) is 11.9 Å². The number of carbonyl (C=O) groups excluding carboxylic acids is 1. The minimum atomic E-state index is 0.102. The van der Waals surface area contributed by atoms with Gasteiger partial charge in [-0.2, -0.15) is 5.26 Å². The van der Waals surface area contributed by atoms with E-state index < -0.39 is 0 Å². The maximum absolute atomic E-state index is 12.2. The predicted octanol–water partition coefficient (Wildman–Crippen LogP) is 3.86. The molecule has 1 aliphatic rings. The highest BCUT2D eigenvalue weighted by Crippen LogP contribution is 2.37. The van der Waals surface area contributed by atoms with E-state index in [1.165, 1.54) is 11.3 Å².